The zero-order chi connectivity index (χ0) is 19.6. The number of fused-ring (bicyclic) bond motifs is 1. The van der Waals surface area contributed by atoms with Crippen LogP contribution in [-0.4, -0.2) is 62.3 Å². The summed E-state index contributed by atoms with van der Waals surface area (Å²) in [5, 5.41) is 0.825. The van der Waals surface area contributed by atoms with Crippen LogP contribution in [0.15, 0.2) is 29.4 Å². The fourth-order valence-electron chi connectivity index (χ4n) is 4.60. The summed E-state index contributed by atoms with van der Waals surface area (Å²) in [6, 6.07) is 5.14. The van der Waals surface area contributed by atoms with Crippen molar-refractivity contribution < 1.29 is 8.42 Å². The molecule has 2 heterocycles. The summed E-state index contributed by atoms with van der Waals surface area (Å²) in [7, 11) is -3.26. The fraction of sp³-hybridized carbons (Fsp3) is 0.619. The van der Waals surface area contributed by atoms with Gasteiger partial charge in [-0.05, 0) is 49.9 Å². The minimum atomic E-state index is -3.26. The molecule has 0 bridgehead atoms. The number of rotatable bonds is 4. The number of aromatic nitrogens is 2. The van der Waals surface area contributed by atoms with Gasteiger partial charge in [0.05, 0.1) is 10.4 Å². The molecule has 0 radical (unpaired) electrons. The lowest BCUT2D eigenvalue weighted by atomic mass is 9.89. The van der Waals surface area contributed by atoms with Crippen molar-refractivity contribution in [3.05, 3.63) is 24.5 Å². The number of anilines is 1. The second-order valence-corrected chi connectivity index (χ2v) is 10.3. The topological polar surface area (TPSA) is 66.4 Å². The van der Waals surface area contributed by atoms with E-state index in [9.17, 15) is 8.42 Å². The Morgan fingerprint density at radius 1 is 1.00 bits per heavy atom. The summed E-state index contributed by atoms with van der Waals surface area (Å²) in [5.74, 6) is 1.72. The van der Waals surface area contributed by atoms with E-state index in [1.807, 2.05) is 0 Å². The molecule has 0 unspecified atom stereocenters. The predicted molar refractivity (Wildman–Crippen MR) is 112 cm³/mol. The smallest absolute Gasteiger partial charge is 0.175 e. The van der Waals surface area contributed by atoms with Gasteiger partial charge < -0.3 is 9.80 Å². The Labute approximate surface area is 167 Å². The van der Waals surface area contributed by atoms with Crippen LogP contribution < -0.4 is 4.90 Å². The molecule has 0 N–H and O–H groups in total. The molecule has 1 saturated heterocycles. The summed E-state index contributed by atoms with van der Waals surface area (Å²) in [6.07, 6.45) is 10.9. The van der Waals surface area contributed by atoms with Crippen LogP contribution in [-0.2, 0) is 9.84 Å². The average molecular weight is 403 g/mol. The molecule has 7 heteroatoms. The van der Waals surface area contributed by atoms with E-state index in [1.165, 1.54) is 44.9 Å². The highest BCUT2D eigenvalue weighted by atomic mass is 32.2. The molecule has 0 amide bonds. The fourth-order valence-corrected chi connectivity index (χ4v) is 5.25. The average Bonchev–Trinajstić information content (AvgIpc) is 2.93. The first-order valence-electron chi connectivity index (χ1n) is 10.4. The lowest BCUT2D eigenvalue weighted by molar-refractivity contribution is 0.211. The first-order chi connectivity index (χ1) is 13.5. The van der Waals surface area contributed by atoms with E-state index in [2.05, 4.69) is 19.8 Å². The van der Waals surface area contributed by atoms with Crippen molar-refractivity contribution in [1.82, 2.24) is 14.9 Å². The lowest BCUT2D eigenvalue weighted by Gasteiger charge is -2.29. The Kier molecular flexibility index (Phi) is 5.83. The van der Waals surface area contributed by atoms with Crippen molar-refractivity contribution in [2.45, 2.75) is 43.4 Å². The molecular weight excluding hydrogens is 372 g/mol. The van der Waals surface area contributed by atoms with Gasteiger partial charge in [0.15, 0.2) is 9.84 Å². The maximum atomic E-state index is 12.0. The first-order valence-corrected chi connectivity index (χ1v) is 12.3. The van der Waals surface area contributed by atoms with Gasteiger partial charge in [-0.2, -0.15) is 0 Å². The minimum absolute atomic E-state index is 0.324. The molecule has 1 aromatic heterocycles. The molecule has 6 nitrogen and oxygen atoms in total. The van der Waals surface area contributed by atoms with Crippen molar-refractivity contribution in [1.29, 1.82) is 0 Å². The quantitative estimate of drug-likeness (QED) is 0.783. The highest BCUT2D eigenvalue weighted by Crippen LogP contribution is 2.28. The molecule has 0 spiro atoms. The number of benzene rings is 1. The van der Waals surface area contributed by atoms with Crippen molar-refractivity contribution in [2.24, 2.45) is 5.92 Å². The Bertz CT molecular complexity index is 925. The number of nitrogens with zero attached hydrogens (tertiary/aromatic N) is 4. The zero-order valence-electron chi connectivity index (χ0n) is 16.7. The second-order valence-electron chi connectivity index (χ2n) is 8.29. The van der Waals surface area contributed by atoms with Gasteiger partial charge in [0.1, 0.15) is 12.1 Å². The van der Waals surface area contributed by atoms with E-state index in [-0.39, 0.29) is 0 Å². The molecule has 1 aromatic carbocycles. The molecule has 2 aromatic rings. The minimum Gasteiger partial charge on any atom is -0.355 e. The molecule has 28 heavy (non-hydrogen) atoms. The number of hydrogen-bond acceptors (Lipinski definition) is 6. The van der Waals surface area contributed by atoms with Gasteiger partial charge in [-0.3, -0.25) is 0 Å². The van der Waals surface area contributed by atoms with Crippen LogP contribution in [0.2, 0.25) is 0 Å². The maximum absolute atomic E-state index is 12.0. The van der Waals surface area contributed by atoms with Gasteiger partial charge in [-0.15, -0.1) is 0 Å². The third-order valence-corrected chi connectivity index (χ3v) is 7.25. The second kappa shape index (κ2) is 8.33. The van der Waals surface area contributed by atoms with E-state index >= 15 is 0 Å². The standard InChI is InChI=1S/C21H30N4O2S/c1-28(26,27)18-8-9-20-19(14-18)21(23-16-22-20)25-11-5-10-24(12-13-25)15-17-6-3-2-4-7-17/h8-9,14,16-17H,2-7,10-13,15H2,1H3. The SMILES string of the molecule is CS(=O)(=O)c1ccc2ncnc(N3CCCN(CC4CCCCC4)CC3)c2c1. The van der Waals surface area contributed by atoms with Gasteiger partial charge in [-0.1, -0.05) is 19.3 Å². The molecule has 4 rings (SSSR count). The van der Waals surface area contributed by atoms with Gasteiger partial charge in [0, 0.05) is 37.8 Å². The monoisotopic (exact) mass is 402 g/mol. The van der Waals surface area contributed by atoms with Crippen LogP contribution in [0.25, 0.3) is 10.9 Å². The van der Waals surface area contributed by atoms with Crippen LogP contribution in [0.4, 0.5) is 5.82 Å². The highest BCUT2D eigenvalue weighted by molar-refractivity contribution is 7.90. The Morgan fingerprint density at radius 3 is 2.61 bits per heavy atom. The summed E-state index contributed by atoms with van der Waals surface area (Å²) >= 11 is 0. The van der Waals surface area contributed by atoms with Crippen LogP contribution in [0.1, 0.15) is 38.5 Å². The summed E-state index contributed by atoms with van der Waals surface area (Å²) in [4.78, 5) is 14.1. The molecule has 0 atom stereocenters. The van der Waals surface area contributed by atoms with Crippen LogP contribution in [0, 0.1) is 5.92 Å². The van der Waals surface area contributed by atoms with E-state index in [4.69, 9.17) is 0 Å². The molecule has 1 aliphatic heterocycles. The van der Waals surface area contributed by atoms with E-state index in [1.54, 1.807) is 24.5 Å². The van der Waals surface area contributed by atoms with Crippen molar-refractivity contribution >= 4 is 26.6 Å². The largest absolute Gasteiger partial charge is 0.355 e. The van der Waals surface area contributed by atoms with E-state index in [0.717, 1.165) is 55.2 Å². The van der Waals surface area contributed by atoms with Crippen LogP contribution >= 0.6 is 0 Å². The molecule has 152 valence electrons. The normalized spacial score (nSPS) is 20.4. The summed E-state index contributed by atoms with van der Waals surface area (Å²) in [5.41, 5.74) is 0.792. The number of hydrogen-bond donors (Lipinski definition) is 0. The molecular formula is C21H30N4O2S. The number of sulfone groups is 1. The Hall–Kier alpha value is -1.73. The molecule has 1 aliphatic carbocycles. The third-order valence-electron chi connectivity index (χ3n) is 6.14. The predicted octanol–water partition coefficient (Wildman–Crippen LogP) is 3.13. The van der Waals surface area contributed by atoms with Gasteiger partial charge in [0.2, 0.25) is 0 Å². The summed E-state index contributed by atoms with van der Waals surface area (Å²) in [6.45, 7) is 5.24. The zero-order valence-corrected chi connectivity index (χ0v) is 17.5. The highest BCUT2D eigenvalue weighted by Gasteiger charge is 2.22. The van der Waals surface area contributed by atoms with Crippen molar-refractivity contribution in [2.75, 3.05) is 43.9 Å². The third kappa shape index (κ3) is 4.46. The van der Waals surface area contributed by atoms with Gasteiger partial charge in [-0.25, -0.2) is 18.4 Å². The van der Waals surface area contributed by atoms with Crippen molar-refractivity contribution in [3.63, 3.8) is 0 Å². The lowest BCUT2D eigenvalue weighted by Crippen LogP contribution is -2.34. The van der Waals surface area contributed by atoms with Crippen LogP contribution in [0.3, 0.4) is 0 Å². The molecule has 2 fully saturated rings. The summed E-state index contributed by atoms with van der Waals surface area (Å²) < 4.78 is 24.0. The molecule has 1 saturated carbocycles. The Balaban J connectivity index is 1.53. The maximum Gasteiger partial charge on any atom is 0.175 e. The van der Waals surface area contributed by atoms with E-state index < -0.39 is 9.84 Å². The van der Waals surface area contributed by atoms with E-state index in [0.29, 0.717) is 4.90 Å². The Morgan fingerprint density at radius 2 is 1.82 bits per heavy atom. The van der Waals surface area contributed by atoms with Crippen LogP contribution in [0.5, 0.6) is 0 Å². The first kappa shape index (κ1) is 19.6. The van der Waals surface area contributed by atoms with Gasteiger partial charge in [0.25, 0.3) is 0 Å². The molecule has 2 aliphatic rings. The van der Waals surface area contributed by atoms with Crippen molar-refractivity contribution in [3.8, 4) is 0 Å². The van der Waals surface area contributed by atoms with Gasteiger partial charge >= 0.3 is 0 Å².